The van der Waals surface area contributed by atoms with Crippen molar-refractivity contribution < 1.29 is 14.3 Å². The molecule has 0 aliphatic carbocycles. The topological polar surface area (TPSA) is 50.8 Å². The first-order valence-electron chi connectivity index (χ1n) is 11.1. The Morgan fingerprint density at radius 2 is 2.00 bits per heavy atom. The lowest BCUT2D eigenvalue weighted by Gasteiger charge is -2.31. The van der Waals surface area contributed by atoms with E-state index in [1.165, 1.54) is 18.4 Å². The van der Waals surface area contributed by atoms with E-state index in [0.717, 1.165) is 43.1 Å². The number of hydrogen-bond donors (Lipinski definition) is 1. The Hall–Kier alpha value is -2.79. The molecule has 1 N–H and O–H groups in total. The van der Waals surface area contributed by atoms with E-state index in [0.29, 0.717) is 18.9 Å². The molecule has 2 aromatic rings. The molecule has 3 rings (SSSR count). The van der Waals surface area contributed by atoms with Gasteiger partial charge in [0, 0.05) is 37.7 Å². The summed E-state index contributed by atoms with van der Waals surface area (Å²) in [6, 6.07) is 16.1. The molecule has 1 atom stereocenters. The summed E-state index contributed by atoms with van der Waals surface area (Å²) in [5.74, 6) is 2.15. The Morgan fingerprint density at radius 1 is 1.16 bits per heavy atom. The first-order chi connectivity index (χ1) is 15.2. The number of piperidine rings is 1. The minimum Gasteiger partial charge on any atom is -0.497 e. The van der Waals surface area contributed by atoms with E-state index >= 15 is 0 Å². The van der Waals surface area contributed by atoms with Crippen LogP contribution in [-0.2, 0) is 11.3 Å². The van der Waals surface area contributed by atoms with Crippen molar-refractivity contribution in [3.63, 3.8) is 0 Å². The number of ether oxygens (including phenoxy) is 2. The Morgan fingerprint density at radius 3 is 2.77 bits per heavy atom. The number of carbonyl (C=O) groups is 1. The van der Waals surface area contributed by atoms with Gasteiger partial charge in [-0.1, -0.05) is 42.5 Å². The van der Waals surface area contributed by atoms with Crippen LogP contribution in [0.2, 0.25) is 0 Å². The third-order valence-corrected chi connectivity index (χ3v) is 5.83. The van der Waals surface area contributed by atoms with Crippen LogP contribution in [0.25, 0.3) is 6.08 Å². The number of nitrogens with one attached hydrogen (secondary N) is 1. The fraction of sp³-hybridized carbons (Fsp3) is 0.423. The van der Waals surface area contributed by atoms with E-state index in [1.807, 2.05) is 24.3 Å². The summed E-state index contributed by atoms with van der Waals surface area (Å²) in [6.45, 7) is 3.64. The summed E-state index contributed by atoms with van der Waals surface area (Å²) in [7, 11) is 3.26. The largest absolute Gasteiger partial charge is 0.497 e. The fourth-order valence-electron chi connectivity index (χ4n) is 4.07. The molecule has 0 saturated carbocycles. The summed E-state index contributed by atoms with van der Waals surface area (Å²) < 4.78 is 10.6. The predicted molar refractivity (Wildman–Crippen MR) is 125 cm³/mol. The van der Waals surface area contributed by atoms with Crippen LogP contribution in [0.15, 0.2) is 54.6 Å². The first-order valence-corrected chi connectivity index (χ1v) is 11.1. The zero-order chi connectivity index (χ0) is 21.9. The normalized spacial score (nSPS) is 16.9. The van der Waals surface area contributed by atoms with Gasteiger partial charge in [-0.25, -0.2) is 0 Å². The van der Waals surface area contributed by atoms with Crippen LogP contribution in [0.4, 0.5) is 0 Å². The maximum absolute atomic E-state index is 12.4. The van der Waals surface area contributed by atoms with E-state index in [-0.39, 0.29) is 5.91 Å². The van der Waals surface area contributed by atoms with Crippen molar-refractivity contribution in [3.8, 4) is 11.5 Å². The summed E-state index contributed by atoms with van der Waals surface area (Å²) in [6.07, 6.45) is 8.34. The molecule has 31 heavy (non-hydrogen) atoms. The lowest BCUT2D eigenvalue weighted by atomic mass is 9.93. The SMILES string of the molecule is COc1ccc(CNC(=O)CCC2CCCN(C/C=C/c3ccccc3)C2)c(OC)c1. The fourth-order valence-corrected chi connectivity index (χ4v) is 4.07. The van der Waals surface area contributed by atoms with Crippen LogP contribution in [0, 0.1) is 5.92 Å². The van der Waals surface area contributed by atoms with Gasteiger partial charge in [-0.3, -0.25) is 9.69 Å². The highest BCUT2D eigenvalue weighted by atomic mass is 16.5. The molecule has 1 unspecified atom stereocenters. The molecule has 5 heteroatoms. The van der Waals surface area contributed by atoms with Crippen LogP contribution < -0.4 is 14.8 Å². The first kappa shape index (κ1) is 22.9. The highest BCUT2D eigenvalue weighted by Crippen LogP contribution is 2.25. The smallest absolute Gasteiger partial charge is 0.220 e. The van der Waals surface area contributed by atoms with Crippen LogP contribution in [0.3, 0.4) is 0 Å². The number of carbonyl (C=O) groups excluding carboxylic acids is 1. The molecule has 1 heterocycles. The van der Waals surface area contributed by atoms with Gasteiger partial charge < -0.3 is 14.8 Å². The molecular formula is C26H34N2O3. The van der Waals surface area contributed by atoms with E-state index in [1.54, 1.807) is 14.2 Å². The maximum Gasteiger partial charge on any atom is 0.220 e. The molecule has 0 spiro atoms. The average Bonchev–Trinajstić information content (AvgIpc) is 2.82. The van der Waals surface area contributed by atoms with Crippen LogP contribution in [0.5, 0.6) is 11.5 Å². The predicted octanol–water partition coefficient (Wildman–Crippen LogP) is 4.53. The van der Waals surface area contributed by atoms with Crippen LogP contribution in [-0.4, -0.2) is 44.7 Å². The van der Waals surface area contributed by atoms with Gasteiger partial charge in [0.05, 0.1) is 14.2 Å². The quantitative estimate of drug-likeness (QED) is 0.611. The monoisotopic (exact) mass is 422 g/mol. The molecule has 1 aliphatic heterocycles. The van der Waals surface area contributed by atoms with Gasteiger partial charge in [-0.2, -0.15) is 0 Å². The summed E-state index contributed by atoms with van der Waals surface area (Å²) in [4.78, 5) is 14.9. The van der Waals surface area contributed by atoms with Crippen LogP contribution in [0.1, 0.15) is 36.8 Å². The minimum absolute atomic E-state index is 0.0963. The van der Waals surface area contributed by atoms with Gasteiger partial charge in [0.15, 0.2) is 0 Å². The molecule has 1 amide bonds. The van der Waals surface area contributed by atoms with Gasteiger partial charge in [0.25, 0.3) is 0 Å². The summed E-state index contributed by atoms with van der Waals surface area (Å²) >= 11 is 0. The summed E-state index contributed by atoms with van der Waals surface area (Å²) in [5.41, 5.74) is 2.19. The Labute approximate surface area is 186 Å². The zero-order valence-corrected chi connectivity index (χ0v) is 18.7. The van der Waals surface area contributed by atoms with Crippen molar-refractivity contribution in [2.24, 2.45) is 5.92 Å². The number of hydrogen-bond acceptors (Lipinski definition) is 4. The van der Waals surface area contributed by atoms with Gasteiger partial charge in [-0.05, 0) is 49.4 Å². The van der Waals surface area contributed by atoms with Gasteiger partial charge >= 0.3 is 0 Å². The number of methoxy groups -OCH3 is 2. The maximum atomic E-state index is 12.4. The van der Waals surface area contributed by atoms with Gasteiger partial charge in [0.2, 0.25) is 5.91 Å². The van der Waals surface area contributed by atoms with Crippen LogP contribution >= 0.6 is 0 Å². The number of rotatable bonds is 10. The molecule has 2 aromatic carbocycles. The number of likely N-dealkylation sites (tertiary alicyclic amines) is 1. The third-order valence-electron chi connectivity index (χ3n) is 5.83. The second-order valence-electron chi connectivity index (χ2n) is 8.07. The Bertz CT molecular complexity index is 851. The van der Waals surface area contributed by atoms with Gasteiger partial charge in [0.1, 0.15) is 11.5 Å². The van der Waals surface area contributed by atoms with E-state index in [2.05, 4.69) is 46.6 Å². The molecule has 0 aromatic heterocycles. The molecule has 0 bridgehead atoms. The molecule has 1 fully saturated rings. The Kier molecular flexibility index (Phi) is 8.98. The lowest BCUT2D eigenvalue weighted by Crippen LogP contribution is -2.36. The average molecular weight is 423 g/mol. The molecule has 5 nitrogen and oxygen atoms in total. The number of amides is 1. The van der Waals surface area contributed by atoms with Crippen molar-refractivity contribution >= 4 is 12.0 Å². The molecule has 1 aliphatic rings. The molecule has 1 saturated heterocycles. The van der Waals surface area contributed by atoms with Crippen molar-refractivity contribution in [1.29, 1.82) is 0 Å². The van der Waals surface area contributed by atoms with Crippen molar-refractivity contribution in [3.05, 3.63) is 65.7 Å². The van der Waals surface area contributed by atoms with Crippen molar-refractivity contribution in [2.75, 3.05) is 33.9 Å². The van der Waals surface area contributed by atoms with Gasteiger partial charge in [-0.15, -0.1) is 0 Å². The molecular weight excluding hydrogens is 388 g/mol. The second kappa shape index (κ2) is 12.2. The highest BCUT2D eigenvalue weighted by Gasteiger charge is 2.20. The zero-order valence-electron chi connectivity index (χ0n) is 18.7. The molecule has 0 radical (unpaired) electrons. The highest BCUT2D eigenvalue weighted by molar-refractivity contribution is 5.75. The van der Waals surface area contributed by atoms with E-state index in [4.69, 9.17) is 9.47 Å². The van der Waals surface area contributed by atoms with Crippen molar-refractivity contribution in [2.45, 2.75) is 32.2 Å². The number of benzene rings is 2. The minimum atomic E-state index is 0.0963. The standard InChI is InChI=1S/C26H34N2O3/c1-30-24-14-13-23(25(18-24)31-2)19-27-26(29)15-12-22-11-7-17-28(20-22)16-6-10-21-8-4-3-5-9-21/h3-6,8-10,13-14,18,22H,7,11-12,15-17,19-20H2,1-2H3,(H,27,29)/b10-6+. The summed E-state index contributed by atoms with van der Waals surface area (Å²) in [5, 5.41) is 3.03. The second-order valence-corrected chi connectivity index (χ2v) is 8.07. The van der Waals surface area contributed by atoms with Crippen molar-refractivity contribution in [1.82, 2.24) is 10.2 Å². The Balaban J connectivity index is 1.39. The van der Waals surface area contributed by atoms with E-state index < -0.39 is 0 Å². The van der Waals surface area contributed by atoms with E-state index in [9.17, 15) is 4.79 Å². The number of nitrogens with zero attached hydrogens (tertiary/aromatic N) is 1. The molecule has 166 valence electrons. The lowest BCUT2D eigenvalue weighted by molar-refractivity contribution is -0.121. The third kappa shape index (κ3) is 7.44.